The van der Waals surface area contributed by atoms with Gasteiger partial charge in [0.1, 0.15) is 0 Å². The normalized spacial score (nSPS) is 12.3. The molecule has 0 radical (unpaired) electrons. The average molecular weight is 610 g/mol. The van der Waals surface area contributed by atoms with Gasteiger partial charge in [-0.05, 0) is 89.5 Å². The number of esters is 2. The van der Waals surface area contributed by atoms with Crippen LogP contribution >= 0.6 is 0 Å². The summed E-state index contributed by atoms with van der Waals surface area (Å²) in [7, 11) is 8.62. The molecule has 1 aliphatic carbocycles. The van der Waals surface area contributed by atoms with E-state index in [1.165, 1.54) is 9.80 Å². The van der Waals surface area contributed by atoms with Crippen molar-refractivity contribution in [2.75, 3.05) is 54.5 Å². The summed E-state index contributed by atoms with van der Waals surface area (Å²) in [6.45, 7) is 11.6. The summed E-state index contributed by atoms with van der Waals surface area (Å²) >= 11 is 0. The molecule has 2 aromatic rings. The maximum Gasteiger partial charge on any atom is 0.338 e. The molecule has 0 amide bonds. The highest BCUT2D eigenvalue weighted by Gasteiger charge is 2.25. The molecule has 0 bridgehead atoms. The molecule has 1 aliphatic rings. The number of carbonyl (C=O) groups is 2. The van der Waals surface area contributed by atoms with Crippen LogP contribution in [0.15, 0.2) is 36.4 Å². The summed E-state index contributed by atoms with van der Waals surface area (Å²) in [5.74, 6) is -0.558. The van der Waals surface area contributed by atoms with Gasteiger partial charge < -0.3 is 44.1 Å². The zero-order chi connectivity index (χ0) is 28.8. The van der Waals surface area contributed by atoms with Crippen molar-refractivity contribution in [3.05, 3.63) is 58.7 Å². The third-order valence-corrected chi connectivity index (χ3v) is 7.60. The SMILES string of the molecule is C[NH+](C)CCCC(C)(C)COC(=O)c1ccc2c(c1)Cc1cc(C(=O)OCC(C)(C)CCC[NH+](C)C)ccc1-2.[Cl-].[Cl-]. The van der Waals surface area contributed by atoms with Gasteiger partial charge in [0, 0.05) is 0 Å². The molecule has 230 valence electrons. The minimum absolute atomic E-state index is 0. The Morgan fingerprint density at radius 2 is 1.05 bits per heavy atom. The van der Waals surface area contributed by atoms with E-state index >= 15 is 0 Å². The molecule has 2 N–H and O–H groups in total. The van der Waals surface area contributed by atoms with Crippen LogP contribution in [0.25, 0.3) is 11.1 Å². The Balaban J connectivity index is 0.00000420. The molecule has 2 aromatic carbocycles. The van der Waals surface area contributed by atoms with E-state index in [-0.39, 0.29) is 47.6 Å². The highest BCUT2D eigenvalue weighted by molar-refractivity contribution is 5.93. The molecular formula is C33H50Cl2N2O4. The topological polar surface area (TPSA) is 61.5 Å². The Kier molecular flexibility index (Phi) is 14.3. The van der Waals surface area contributed by atoms with Crippen LogP contribution in [0, 0.1) is 10.8 Å². The number of nitrogens with one attached hydrogen (secondary N) is 2. The summed E-state index contributed by atoms with van der Waals surface area (Å²) in [5.41, 5.74) is 5.44. The number of quaternary nitrogens is 2. The smallest absolute Gasteiger partial charge is 0.338 e. The molecule has 0 heterocycles. The van der Waals surface area contributed by atoms with Crippen LogP contribution in [0.5, 0.6) is 0 Å². The van der Waals surface area contributed by atoms with Crippen molar-refractivity contribution in [2.24, 2.45) is 10.8 Å². The lowest BCUT2D eigenvalue weighted by Crippen LogP contribution is -3.05. The van der Waals surface area contributed by atoms with Crippen LogP contribution in [0.3, 0.4) is 0 Å². The van der Waals surface area contributed by atoms with Crippen molar-refractivity contribution in [3.63, 3.8) is 0 Å². The predicted octanol–water partition coefficient (Wildman–Crippen LogP) is -2.52. The van der Waals surface area contributed by atoms with Crippen molar-refractivity contribution in [2.45, 2.75) is 59.8 Å². The molecule has 0 spiro atoms. The number of fused-ring (bicyclic) bond motifs is 3. The fourth-order valence-corrected chi connectivity index (χ4v) is 5.14. The largest absolute Gasteiger partial charge is 1.00 e. The molecule has 0 atom stereocenters. The molecule has 0 aromatic heterocycles. The molecule has 0 fully saturated rings. The van der Waals surface area contributed by atoms with E-state index in [4.69, 9.17) is 9.47 Å². The Hall–Kier alpha value is -2.12. The van der Waals surface area contributed by atoms with Crippen LogP contribution in [0.4, 0.5) is 0 Å². The van der Waals surface area contributed by atoms with Gasteiger partial charge in [-0.3, -0.25) is 0 Å². The van der Waals surface area contributed by atoms with Crippen molar-refractivity contribution >= 4 is 11.9 Å². The van der Waals surface area contributed by atoms with E-state index in [2.05, 4.69) is 55.9 Å². The number of benzene rings is 2. The number of carbonyl (C=O) groups excluding carboxylic acids is 2. The van der Waals surface area contributed by atoms with E-state index in [1.54, 1.807) is 0 Å². The Morgan fingerprint density at radius 3 is 1.39 bits per heavy atom. The molecule has 0 saturated heterocycles. The van der Waals surface area contributed by atoms with Gasteiger partial charge in [0.15, 0.2) is 0 Å². The zero-order valence-corrected chi connectivity index (χ0v) is 27.7. The first kappa shape index (κ1) is 36.9. The van der Waals surface area contributed by atoms with Gasteiger partial charge in [-0.1, -0.05) is 39.8 Å². The molecular weight excluding hydrogens is 559 g/mol. The Bertz CT molecular complexity index is 1070. The number of ether oxygens (including phenoxy) is 2. The number of hydrogen-bond acceptors (Lipinski definition) is 4. The van der Waals surface area contributed by atoms with Crippen LogP contribution in [0.1, 0.15) is 85.2 Å². The summed E-state index contributed by atoms with van der Waals surface area (Å²) in [6, 6.07) is 11.6. The highest BCUT2D eigenvalue weighted by atomic mass is 35.5. The standard InChI is InChI=1S/C33H48N2O4.2ClH/c1-32(2,15-9-17-34(5)6)22-38-30(36)24-11-13-28-26(19-24)21-27-20-25(12-14-29(27)28)31(37)39-23-33(3,4)16-10-18-35(7)8;;/h11-14,19-20H,9-10,15-18,21-23H2,1-8H3;2*1H. The van der Waals surface area contributed by atoms with Gasteiger partial charge in [0.2, 0.25) is 0 Å². The molecule has 0 unspecified atom stereocenters. The summed E-state index contributed by atoms with van der Waals surface area (Å²) in [4.78, 5) is 28.6. The molecule has 8 heteroatoms. The second-order valence-electron chi connectivity index (χ2n) is 13.5. The van der Waals surface area contributed by atoms with Gasteiger partial charge in [0.05, 0.1) is 65.6 Å². The third kappa shape index (κ3) is 11.2. The fourth-order valence-electron chi connectivity index (χ4n) is 5.14. The Morgan fingerprint density at radius 1 is 0.683 bits per heavy atom. The van der Waals surface area contributed by atoms with Gasteiger partial charge in [-0.25, -0.2) is 9.59 Å². The maximum atomic E-state index is 12.9. The van der Waals surface area contributed by atoms with Crippen LogP contribution in [-0.4, -0.2) is 66.4 Å². The lowest BCUT2D eigenvalue weighted by molar-refractivity contribution is -0.858. The molecule has 41 heavy (non-hydrogen) atoms. The van der Waals surface area contributed by atoms with Gasteiger partial charge in [-0.2, -0.15) is 0 Å². The maximum absolute atomic E-state index is 12.9. The minimum atomic E-state index is -0.279. The third-order valence-electron chi connectivity index (χ3n) is 7.60. The fraction of sp³-hybridized carbons (Fsp3) is 0.576. The summed E-state index contributed by atoms with van der Waals surface area (Å²) in [5, 5.41) is 0. The lowest BCUT2D eigenvalue weighted by atomic mass is 9.89. The van der Waals surface area contributed by atoms with E-state index in [0.29, 0.717) is 30.8 Å². The van der Waals surface area contributed by atoms with Gasteiger partial charge in [0.25, 0.3) is 0 Å². The van der Waals surface area contributed by atoms with Gasteiger partial charge >= 0.3 is 11.9 Å². The monoisotopic (exact) mass is 608 g/mol. The zero-order valence-electron chi connectivity index (χ0n) is 26.2. The van der Waals surface area contributed by atoms with Crippen LogP contribution in [-0.2, 0) is 15.9 Å². The van der Waals surface area contributed by atoms with E-state index in [1.807, 2.05) is 36.4 Å². The second-order valence-corrected chi connectivity index (χ2v) is 13.5. The van der Waals surface area contributed by atoms with Crippen LogP contribution in [0.2, 0.25) is 0 Å². The predicted molar refractivity (Wildman–Crippen MR) is 157 cm³/mol. The van der Waals surface area contributed by atoms with Crippen molar-refractivity contribution in [3.8, 4) is 11.1 Å². The molecule has 0 saturated carbocycles. The molecule has 3 rings (SSSR count). The van der Waals surface area contributed by atoms with Crippen LogP contribution < -0.4 is 34.6 Å². The number of hydrogen-bond donors (Lipinski definition) is 2. The highest BCUT2D eigenvalue weighted by Crippen LogP contribution is 2.38. The van der Waals surface area contributed by atoms with Gasteiger partial charge in [-0.15, -0.1) is 0 Å². The van der Waals surface area contributed by atoms with E-state index in [9.17, 15) is 9.59 Å². The Labute approximate surface area is 260 Å². The minimum Gasteiger partial charge on any atom is -1.00 e. The molecule has 6 nitrogen and oxygen atoms in total. The van der Waals surface area contributed by atoms with E-state index < -0.39 is 0 Å². The van der Waals surface area contributed by atoms with Crippen molar-refractivity contribution in [1.82, 2.24) is 0 Å². The summed E-state index contributed by atoms with van der Waals surface area (Å²) in [6.07, 6.45) is 4.93. The first-order chi connectivity index (χ1) is 18.3. The summed E-state index contributed by atoms with van der Waals surface area (Å²) < 4.78 is 11.4. The lowest BCUT2D eigenvalue weighted by Gasteiger charge is -2.24. The second kappa shape index (κ2) is 15.9. The number of halogens is 2. The van der Waals surface area contributed by atoms with Crippen molar-refractivity contribution in [1.29, 1.82) is 0 Å². The first-order valence-electron chi connectivity index (χ1n) is 14.4. The quantitative estimate of drug-likeness (QED) is 0.198. The average Bonchev–Trinajstić information content (AvgIpc) is 3.22. The van der Waals surface area contributed by atoms with E-state index in [0.717, 1.165) is 61.0 Å². The first-order valence-corrected chi connectivity index (χ1v) is 14.4. The molecule has 0 aliphatic heterocycles. The number of rotatable bonds is 14. The van der Waals surface area contributed by atoms with Crippen molar-refractivity contribution < 1.29 is 53.7 Å².